The maximum Gasteiger partial charge on any atom is 0.330 e. The minimum absolute atomic E-state index is 0.467. The van der Waals surface area contributed by atoms with Gasteiger partial charge in [-0.05, 0) is 13.8 Å². The van der Waals surface area contributed by atoms with Gasteiger partial charge < -0.3 is 9.84 Å². The van der Waals surface area contributed by atoms with Gasteiger partial charge in [0.2, 0.25) is 0 Å². The van der Waals surface area contributed by atoms with Gasteiger partial charge in [0.05, 0.1) is 6.10 Å². The molecule has 3 heteroatoms. The Kier molecular flexibility index (Phi) is 3.72. The zero-order valence-electron chi connectivity index (χ0n) is 6.20. The monoisotopic (exact) mass is 144 g/mol. The fraction of sp³-hybridized carbons (Fsp3) is 0.571. The van der Waals surface area contributed by atoms with Crippen LogP contribution in [0.2, 0.25) is 0 Å². The molecule has 58 valence electrons. The van der Waals surface area contributed by atoms with E-state index in [2.05, 4.69) is 11.3 Å². The van der Waals surface area contributed by atoms with Crippen molar-refractivity contribution in [3.63, 3.8) is 0 Å². The minimum Gasteiger partial charge on any atom is -0.457 e. The van der Waals surface area contributed by atoms with Gasteiger partial charge in [0.1, 0.15) is 6.10 Å². The summed E-state index contributed by atoms with van der Waals surface area (Å²) >= 11 is 0. The Hall–Kier alpha value is -0.830. The van der Waals surface area contributed by atoms with Crippen LogP contribution in [0.25, 0.3) is 0 Å². The fourth-order valence-electron chi connectivity index (χ4n) is 0.330. The summed E-state index contributed by atoms with van der Waals surface area (Å²) in [5, 5.41) is 8.85. The highest BCUT2D eigenvalue weighted by molar-refractivity contribution is 5.81. The van der Waals surface area contributed by atoms with Gasteiger partial charge in [-0.2, -0.15) is 0 Å². The standard InChI is InChI=1S/C7H12O3/c1-4-7(9)10-6(3)5(2)8/h4-6,8H,1H2,2-3H3/t5-,6-/m1/s1. The Labute approximate surface area is 60.3 Å². The van der Waals surface area contributed by atoms with Gasteiger partial charge in [-0.15, -0.1) is 0 Å². The molecule has 0 aromatic heterocycles. The lowest BCUT2D eigenvalue weighted by Crippen LogP contribution is -2.24. The number of esters is 1. The maximum absolute atomic E-state index is 10.5. The van der Waals surface area contributed by atoms with Crippen molar-refractivity contribution >= 4 is 5.97 Å². The number of aliphatic hydroxyl groups excluding tert-OH is 1. The van der Waals surface area contributed by atoms with Crippen LogP contribution >= 0.6 is 0 Å². The predicted octanol–water partition coefficient (Wildman–Crippen LogP) is 0.485. The van der Waals surface area contributed by atoms with Crippen LogP contribution in [0.1, 0.15) is 13.8 Å². The first-order valence-corrected chi connectivity index (χ1v) is 3.09. The van der Waals surface area contributed by atoms with E-state index in [1.165, 1.54) is 0 Å². The van der Waals surface area contributed by atoms with Crippen molar-refractivity contribution in [1.29, 1.82) is 0 Å². The molecule has 3 nitrogen and oxygen atoms in total. The summed E-state index contributed by atoms with van der Waals surface area (Å²) < 4.78 is 4.65. The second-order valence-electron chi connectivity index (χ2n) is 2.09. The summed E-state index contributed by atoms with van der Waals surface area (Å²) in [4.78, 5) is 10.5. The van der Waals surface area contributed by atoms with E-state index in [0.717, 1.165) is 6.08 Å². The van der Waals surface area contributed by atoms with Crippen LogP contribution in [0.3, 0.4) is 0 Å². The second-order valence-corrected chi connectivity index (χ2v) is 2.09. The SMILES string of the molecule is C=CC(=O)O[C@H](C)[C@@H](C)O. The summed E-state index contributed by atoms with van der Waals surface area (Å²) in [6.45, 7) is 6.39. The number of rotatable bonds is 3. The third-order valence-electron chi connectivity index (χ3n) is 1.15. The van der Waals surface area contributed by atoms with Crippen LogP contribution in [0.15, 0.2) is 12.7 Å². The number of hydrogen-bond acceptors (Lipinski definition) is 3. The highest BCUT2D eigenvalue weighted by Gasteiger charge is 2.11. The molecule has 0 rings (SSSR count). The molecule has 0 aliphatic rings. The molecule has 0 saturated heterocycles. The number of hydrogen-bond donors (Lipinski definition) is 1. The number of aliphatic hydroxyl groups is 1. The molecule has 0 saturated carbocycles. The molecule has 0 spiro atoms. The van der Waals surface area contributed by atoms with Crippen molar-refractivity contribution in [3.8, 4) is 0 Å². The van der Waals surface area contributed by atoms with Crippen LogP contribution in [-0.2, 0) is 9.53 Å². The molecular weight excluding hydrogens is 132 g/mol. The van der Waals surface area contributed by atoms with Crippen molar-refractivity contribution in [2.24, 2.45) is 0 Å². The lowest BCUT2D eigenvalue weighted by atomic mass is 10.3. The Morgan fingerprint density at radius 1 is 1.70 bits per heavy atom. The lowest BCUT2D eigenvalue weighted by molar-refractivity contribution is -0.146. The average Bonchev–Trinajstić information content (AvgIpc) is 1.87. The van der Waals surface area contributed by atoms with Crippen molar-refractivity contribution in [3.05, 3.63) is 12.7 Å². The Morgan fingerprint density at radius 3 is 2.50 bits per heavy atom. The molecule has 0 radical (unpaired) electrons. The number of ether oxygens (including phenoxy) is 1. The molecule has 0 aliphatic carbocycles. The first kappa shape index (κ1) is 9.17. The Balaban J connectivity index is 3.67. The molecule has 10 heavy (non-hydrogen) atoms. The summed E-state index contributed by atoms with van der Waals surface area (Å²) in [6.07, 6.45) is -0.0341. The number of carbonyl (C=O) groups excluding carboxylic acids is 1. The zero-order chi connectivity index (χ0) is 8.15. The van der Waals surface area contributed by atoms with Crippen LogP contribution in [0, 0.1) is 0 Å². The topological polar surface area (TPSA) is 46.5 Å². The largest absolute Gasteiger partial charge is 0.457 e. The lowest BCUT2D eigenvalue weighted by Gasteiger charge is -2.13. The van der Waals surface area contributed by atoms with Crippen LogP contribution in [-0.4, -0.2) is 23.3 Å². The third-order valence-corrected chi connectivity index (χ3v) is 1.15. The van der Waals surface area contributed by atoms with Crippen LogP contribution < -0.4 is 0 Å². The van der Waals surface area contributed by atoms with Gasteiger partial charge >= 0.3 is 5.97 Å². The fourth-order valence-corrected chi connectivity index (χ4v) is 0.330. The van der Waals surface area contributed by atoms with E-state index in [1.54, 1.807) is 13.8 Å². The molecule has 0 fully saturated rings. The number of carbonyl (C=O) groups is 1. The molecule has 2 atom stereocenters. The Morgan fingerprint density at radius 2 is 2.20 bits per heavy atom. The van der Waals surface area contributed by atoms with E-state index in [9.17, 15) is 4.79 Å². The first-order chi connectivity index (χ1) is 4.57. The van der Waals surface area contributed by atoms with Gasteiger partial charge in [-0.3, -0.25) is 0 Å². The van der Waals surface area contributed by atoms with Crippen molar-refractivity contribution in [1.82, 2.24) is 0 Å². The van der Waals surface area contributed by atoms with Crippen molar-refractivity contribution in [2.45, 2.75) is 26.1 Å². The molecule has 0 aromatic rings. The molecule has 0 aromatic carbocycles. The molecule has 0 unspecified atom stereocenters. The van der Waals surface area contributed by atoms with E-state index in [0.29, 0.717) is 0 Å². The van der Waals surface area contributed by atoms with E-state index in [-0.39, 0.29) is 0 Å². The molecule has 0 bridgehead atoms. The summed E-state index contributed by atoms with van der Waals surface area (Å²) in [6, 6.07) is 0. The Bertz CT molecular complexity index is 129. The molecule has 1 N–H and O–H groups in total. The molecule has 0 heterocycles. The van der Waals surface area contributed by atoms with Gasteiger partial charge in [-0.1, -0.05) is 6.58 Å². The highest BCUT2D eigenvalue weighted by Crippen LogP contribution is 1.97. The normalized spacial score (nSPS) is 15.5. The smallest absolute Gasteiger partial charge is 0.330 e. The third kappa shape index (κ3) is 3.25. The summed E-state index contributed by atoms with van der Waals surface area (Å²) in [7, 11) is 0. The van der Waals surface area contributed by atoms with Gasteiger partial charge in [0, 0.05) is 6.08 Å². The molecule has 0 amide bonds. The predicted molar refractivity (Wildman–Crippen MR) is 37.4 cm³/mol. The van der Waals surface area contributed by atoms with Crippen molar-refractivity contribution in [2.75, 3.05) is 0 Å². The van der Waals surface area contributed by atoms with Gasteiger partial charge in [-0.25, -0.2) is 4.79 Å². The maximum atomic E-state index is 10.5. The van der Waals surface area contributed by atoms with Crippen molar-refractivity contribution < 1.29 is 14.6 Å². The average molecular weight is 144 g/mol. The van der Waals surface area contributed by atoms with E-state index < -0.39 is 18.2 Å². The summed E-state index contributed by atoms with van der Waals surface area (Å²) in [5.41, 5.74) is 0. The van der Waals surface area contributed by atoms with Crippen LogP contribution in [0.5, 0.6) is 0 Å². The van der Waals surface area contributed by atoms with E-state index >= 15 is 0 Å². The first-order valence-electron chi connectivity index (χ1n) is 3.09. The highest BCUT2D eigenvalue weighted by atomic mass is 16.6. The quantitative estimate of drug-likeness (QED) is 0.463. The van der Waals surface area contributed by atoms with Gasteiger partial charge in [0.15, 0.2) is 0 Å². The molecule has 0 aliphatic heterocycles. The van der Waals surface area contributed by atoms with E-state index in [4.69, 9.17) is 5.11 Å². The van der Waals surface area contributed by atoms with Gasteiger partial charge in [0.25, 0.3) is 0 Å². The molecular formula is C7H12O3. The summed E-state index contributed by atoms with van der Waals surface area (Å²) in [5.74, 6) is -0.506. The van der Waals surface area contributed by atoms with E-state index in [1.807, 2.05) is 0 Å². The second kappa shape index (κ2) is 4.06. The minimum atomic E-state index is -0.635. The zero-order valence-corrected chi connectivity index (χ0v) is 6.20. The van der Waals surface area contributed by atoms with Crippen LogP contribution in [0.4, 0.5) is 0 Å².